The van der Waals surface area contributed by atoms with Gasteiger partial charge in [0.1, 0.15) is 23.8 Å². The van der Waals surface area contributed by atoms with Crippen molar-refractivity contribution >= 4 is 43.6 Å². The van der Waals surface area contributed by atoms with E-state index in [-0.39, 0.29) is 29.8 Å². The Labute approximate surface area is 295 Å². The van der Waals surface area contributed by atoms with E-state index in [9.17, 15) is 24.1 Å². The van der Waals surface area contributed by atoms with E-state index in [0.717, 1.165) is 81.3 Å². The van der Waals surface area contributed by atoms with Gasteiger partial charge in [-0.25, -0.2) is 8.78 Å². The molecule has 2 aliphatic carbocycles. The molecule has 0 radical (unpaired) electrons. The lowest BCUT2D eigenvalue weighted by Crippen LogP contribution is -2.40. The molecule has 2 aromatic heterocycles. The van der Waals surface area contributed by atoms with Crippen LogP contribution in [0.2, 0.25) is 0 Å². The van der Waals surface area contributed by atoms with Gasteiger partial charge in [-0.3, -0.25) is 0 Å². The minimum atomic E-state index is -0.794. The number of rotatable bonds is 5. The second-order valence-corrected chi connectivity index (χ2v) is 14.0. The second kappa shape index (κ2) is 14.2. The van der Waals surface area contributed by atoms with Crippen LogP contribution in [-0.4, -0.2) is 48.9 Å². The number of nitrogens with zero attached hydrogens (tertiary/aromatic N) is 2. The highest BCUT2D eigenvalue weighted by Gasteiger charge is 2.36. The summed E-state index contributed by atoms with van der Waals surface area (Å²) in [5.41, 5.74) is 4.97. The first-order chi connectivity index (χ1) is 24.9. The maximum absolute atomic E-state index is 13.9. The molecule has 3 N–H and O–H groups in total. The summed E-state index contributed by atoms with van der Waals surface area (Å²) in [6.07, 6.45) is 2.69. The molecule has 2 fully saturated rings. The third kappa shape index (κ3) is 6.31. The SMILES string of the molecule is O[C@@H]1[C@H](O)CCC[C@H]1n1c2ccccc2c2cc(F)ccc21.O[C@H]1[C@H](n2c3ccccc3c3cc(F)ccc32)CCC[C@H]1OCc1ccccc1. The first-order valence-electron chi connectivity index (χ1n) is 17.9. The molecule has 0 bridgehead atoms. The molecule has 0 amide bonds. The first-order valence-corrected chi connectivity index (χ1v) is 17.9. The van der Waals surface area contributed by atoms with Gasteiger partial charge in [0.2, 0.25) is 0 Å². The predicted octanol–water partition coefficient (Wildman–Crippen LogP) is 8.99. The van der Waals surface area contributed by atoms with Crippen molar-refractivity contribution in [3.05, 3.63) is 132 Å². The number of aromatic nitrogens is 2. The third-order valence-corrected chi connectivity index (χ3v) is 10.9. The molecule has 6 atom stereocenters. The highest BCUT2D eigenvalue weighted by atomic mass is 19.1. The summed E-state index contributed by atoms with van der Waals surface area (Å²) in [4.78, 5) is 0. The van der Waals surface area contributed by atoms with Crippen molar-refractivity contribution < 1.29 is 28.8 Å². The Balaban J connectivity index is 0.000000152. The number of benzene rings is 5. The largest absolute Gasteiger partial charge is 0.390 e. The monoisotopic (exact) mass is 688 g/mol. The van der Waals surface area contributed by atoms with Gasteiger partial charge >= 0.3 is 0 Å². The standard InChI is InChI=1S/C25H24FNO2.C18H18FNO2/c26-18-13-14-22-20(15-18)19-9-4-5-10-21(19)27(22)23-11-6-12-24(25(23)28)29-16-17-7-2-1-3-8-17;19-11-8-9-15-13(10-11)12-4-1-2-5-14(12)20(15)16-6-3-7-17(21)18(16)22/h1-5,7-10,13-15,23-25,28H,6,11-12,16H2;1-2,4-5,8-10,16-18,21-22H,3,6-7H2/t23-,24-,25+;16-,17-,18+/m11/s1. The lowest BCUT2D eigenvalue weighted by molar-refractivity contribution is -0.0858. The zero-order valence-corrected chi connectivity index (χ0v) is 28.3. The van der Waals surface area contributed by atoms with Crippen molar-refractivity contribution in [2.24, 2.45) is 0 Å². The van der Waals surface area contributed by atoms with Crippen LogP contribution in [0.5, 0.6) is 0 Å². The van der Waals surface area contributed by atoms with Crippen molar-refractivity contribution in [3.63, 3.8) is 0 Å². The van der Waals surface area contributed by atoms with Gasteiger partial charge in [-0.1, -0.05) is 66.7 Å². The van der Waals surface area contributed by atoms with Crippen LogP contribution < -0.4 is 0 Å². The first kappa shape index (κ1) is 33.5. The zero-order chi connectivity index (χ0) is 35.1. The summed E-state index contributed by atoms with van der Waals surface area (Å²) in [5, 5.41) is 35.4. The van der Waals surface area contributed by atoms with E-state index in [4.69, 9.17) is 4.74 Å². The van der Waals surface area contributed by atoms with Gasteiger partial charge in [-0.05, 0) is 92.6 Å². The van der Waals surface area contributed by atoms with Crippen LogP contribution in [0.1, 0.15) is 56.2 Å². The van der Waals surface area contributed by atoms with Crippen molar-refractivity contribution in [1.29, 1.82) is 0 Å². The van der Waals surface area contributed by atoms with Crippen LogP contribution in [-0.2, 0) is 11.3 Å². The van der Waals surface area contributed by atoms with Crippen molar-refractivity contribution in [2.45, 2.75) is 81.6 Å². The summed E-state index contributed by atoms with van der Waals surface area (Å²) in [6, 6.07) is 35.3. The number of ether oxygens (including phenoxy) is 1. The summed E-state index contributed by atoms with van der Waals surface area (Å²) >= 11 is 0. The second-order valence-electron chi connectivity index (χ2n) is 14.0. The summed E-state index contributed by atoms with van der Waals surface area (Å²) in [7, 11) is 0. The summed E-state index contributed by atoms with van der Waals surface area (Å²) in [5.74, 6) is -0.506. The number of fused-ring (bicyclic) bond motifs is 6. The molecule has 2 saturated carbocycles. The van der Waals surface area contributed by atoms with Gasteiger partial charge in [-0.15, -0.1) is 0 Å². The molecule has 0 spiro atoms. The number of hydrogen-bond donors (Lipinski definition) is 3. The average Bonchev–Trinajstić information content (AvgIpc) is 3.65. The zero-order valence-electron chi connectivity index (χ0n) is 28.3. The fraction of sp³-hybridized carbons (Fsp3) is 0.302. The molecular formula is C43H42F2N2O4. The topological polar surface area (TPSA) is 79.8 Å². The molecule has 262 valence electrons. The molecular weight excluding hydrogens is 646 g/mol. The lowest BCUT2D eigenvalue weighted by atomic mass is 9.89. The molecule has 51 heavy (non-hydrogen) atoms. The molecule has 2 heterocycles. The van der Waals surface area contributed by atoms with E-state index >= 15 is 0 Å². The Morgan fingerprint density at radius 1 is 0.529 bits per heavy atom. The van der Waals surface area contributed by atoms with E-state index < -0.39 is 18.3 Å². The normalized spacial score (nSPS) is 23.9. The maximum atomic E-state index is 13.9. The van der Waals surface area contributed by atoms with Gasteiger partial charge in [0.25, 0.3) is 0 Å². The van der Waals surface area contributed by atoms with E-state index in [1.54, 1.807) is 18.2 Å². The Bertz CT molecular complexity index is 2300. The Morgan fingerprint density at radius 2 is 1.02 bits per heavy atom. The Morgan fingerprint density at radius 3 is 1.61 bits per heavy atom. The van der Waals surface area contributed by atoms with Crippen LogP contribution in [0.3, 0.4) is 0 Å². The predicted molar refractivity (Wildman–Crippen MR) is 198 cm³/mol. The van der Waals surface area contributed by atoms with Crippen LogP contribution in [0.15, 0.2) is 115 Å². The van der Waals surface area contributed by atoms with Gasteiger partial charge in [0.05, 0.1) is 30.9 Å². The van der Waals surface area contributed by atoms with Crippen LogP contribution in [0.4, 0.5) is 8.78 Å². The van der Waals surface area contributed by atoms with Gasteiger partial charge in [-0.2, -0.15) is 0 Å². The molecule has 0 unspecified atom stereocenters. The minimum Gasteiger partial charge on any atom is -0.390 e. The fourth-order valence-corrected chi connectivity index (χ4v) is 8.44. The number of aliphatic hydroxyl groups is 3. The van der Waals surface area contributed by atoms with Crippen molar-refractivity contribution in [1.82, 2.24) is 9.13 Å². The van der Waals surface area contributed by atoms with Gasteiger partial charge in [0.15, 0.2) is 0 Å². The molecule has 5 aromatic carbocycles. The van der Waals surface area contributed by atoms with E-state index in [1.165, 1.54) is 12.1 Å². The molecule has 7 aromatic rings. The van der Waals surface area contributed by atoms with E-state index in [0.29, 0.717) is 13.0 Å². The molecule has 8 heteroatoms. The summed E-state index contributed by atoms with van der Waals surface area (Å²) in [6.45, 7) is 0.494. The average molecular weight is 689 g/mol. The van der Waals surface area contributed by atoms with Gasteiger partial charge in [0, 0.05) is 43.6 Å². The third-order valence-electron chi connectivity index (χ3n) is 10.9. The number of para-hydroxylation sites is 2. The fourth-order valence-electron chi connectivity index (χ4n) is 8.44. The highest BCUT2D eigenvalue weighted by Crippen LogP contribution is 2.40. The van der Waals surface area contributed by atoms with Gasteiger partial charge < -0.3 is 29.2 Å². The number of aliphatic hydroxyl groups excluding tert-OH is 3. The Hall–Kier alpha value is -4.60. The number of halogens is 2. The van der Waals surface area contributed by atoms with Crippen molar-refractivity contribution in [2.75, 3.05) is 0 Å². The molecule has 2 aliphatic rings. The quantitative estimate of drug-likeness (QED) is 0.169. The van der Waals surface area contributed by atoms with E-state index in [2.05, 4.69) is 9.13 Å². The highest BCUT2D eigenvalue weighted by molar-refractivity contribution is 6.09. The molecule has 0 saturated heterocycles. The maximum Gasteiger partial charge on any atom is 0.123 e. The van der Waals surface area contributed by atoms with Crippen LogP contribution in [0.25, 0.3) is 43.6 Å². The van der Waals surface area contributed by atoms with Crippen LogP contribution >= 0.6 is 0 Å². The summed E-state index contributed by atoms with van der Waals surface area (Å²) < 4.78 is 38.0. The lowest BCUT2D eigenvalue weighted by Gasteiger charge is -2.36. The Kier molecular flexibility index (Phi) is 9.34. The van der Waals surface area contributed by atoms with E-state index in [1.807, 2.05) is 84.9 Å². The minimum absolute atomic E-state index is 0.0996. The smallest absolute Gasteiger partial charge is 0.123 e. The molecule has 9 rings (SSSR count). The molecule has 6 nitrogen and oxygen atoms in total. The molecule has 0 aliphatic heterocycles. The van der Waals surface area contributed by atoms with Crippen molar-refractivity contribution in [3.8, 4) is 0 Å². The van der Waals surface area contributed by atoms with Crippen LogP contribution in [0, 0.1) is 11.6 Å². The number of hydrogen-bond acceptors (Lipinski definition) is 4.